The zero-order chi connectivity index (χ0) is 19.4. The van der Waals surface area contributed by atoms with Crippen molar-refractivity contribution in [2.24, 2.45) is 5.10 Å². The number of nitrogens with zero attached hydrogens (tertiary/aromatic N) is 3. The summed E-state index contributed by atoms with van der Waals surface area (Å²) in [7, 11) is 0. The first kappa shape index (κ1) is 18.9. The summed E-state index contributed by atoms with van der Waals surface area (Å²) in [6.45, 7) is 0. The summed E-state index contributed by atoms with van der Waals surface area (Å²) in [5, 5.41) is 14.2. The smallest absolute Gasteiger partial charge is 0.270 e. The Morgan fingerprint density at radius 2 is 1.93 bits per heavy atom. The van der Waals surface area contributed by atoms with E-state index in [2.05, 4.69) is 20.5 Å². The van der Waals surface area contributed by atoms with Gasteiger partial charge in [0.2, 0.25) is 5.95 Å². The third-order valence-electron chi connectivity index (χ3n) is 3.47. The molecule has 2 N–H and O–H groups in total. The summed E-state index contributed by atoms with van der Waals surface area (Å²) in [6.07, 6.45) is 1.39. The van der Waals surface area contributed by atoms with Crippen LogP contribution in [0, 0.1) is 11.3 Å². The molecule has 0 unspecified atom stereocenters. The van der Waals surface area contributed by atoms with Gasteiger partial charge in [-0.25, -0.2) is 10.4 Å². The number of hydrazone groups is 1. The average Bonchev–Trinajstić information content (AvgIpc) is 2.66. The van der Waals surface area contributed by atoms with Crippen molar-refractivity contribution in [2.45, 2.75) is 0 Å². The summed E-state index contributed by atoms with van der Waals surface area (Å²) >= 11 is 18.0. The Morgan fingerprint density at radius 3 is 2.63 bits per heavy atom. The van der Waals surface area contributed by atoms with Gasteiger partial charge in [-0.15, -0.1) is 0 Å². The number of hydrogen-bond donors (Lipinski definition) is 2. The van der Waals surface area contributed by atoms with Crippen molar-refractivity contribution in [1.29, 1.82) is 5.26 Å². The normalized spacial score (nSPS) is 10.7. The van der Waals surface area contributed by atoms with E-state index in [0.29, 0.717) is 21.2 Å². The first-order valence-electron chi connectivity index (χ1n) is 7.53. The fraction of sp³-hybridized carbons (Fsp3) is 0. The van der Waals surface area contributed by atoms with Crippen molar-refractivity contribution in [3.63, 3.8) is 0 Å². The van der Waals surface area contributed by atoms with Gasteiger partial charge < -0.3 is 0 Å². The van der Waals surface area contributed by atoms with E-state index >= 15 is 0 Å². The van der Waals surface area contributed by atoms with Gasteiger partial charge in [0, 0.05) is 16.1 Å². The number of hydrogen-bond acceptors (Lipinski definition) is 5. The van der Waals surface area contributed by atoms with E-state index in [-0.39, 0.29) is 22.2 Å². The lowest BCUT2D eigenvalue weighted by atomic mass is 10.1. The summed E-state index contributed by atoms with van der Waals surface area (Å²) in [4.78, 5) is 18.9. The highest BCUT2D eigenvalue weighted by molar-refractivity contribution is 6.44. The Hall–Kier alpha value is -2.85. The highest BCUT2D eigenvalue weighted by Crippen LogP contribution is 2.28. The number of anilines is 1. The fourth-order valence-electron chi connectivity index (χ4n) is 2.27. The molecule has 3 rings (SSSR count). The van der Waals surface area contributed by atoms with E-state index < -0.39 is 5.56 Å². The molecule has 27 heavy (non-hydrogen) atoms. The zero-order valence-corrected chi connectivity index (χ0v) is 15.8. The van der Waals surface area contributed by atoms with Crippen molar-refractivity contribution < 1.29 is 0 Å². The van der Waals surface area contributed by atoms with Crippen molar-refractivity contribution in [1.82, 2.24) is 9.97 Å². The van der Waals surface area contributed by atoms with E-state index in [1.54, 1.807) is 30.3 Å². The first-order valence-corrected chi connectivity index (χ1v) is 8.66. The van der Waals surface area contributed by atoms with Crippen LogP contribution in [-0.4, -0.2) is 16.2 Å². The lowest BCUT2D eigenvalue weighted by Crippen LogP contribution is -2.16. The highest BCUT2D eigenvalue weighted by Gasteiger charge is 2.13. The Bertz CT molecular complexity index is 1120. The molecule has 0 fully saturated rings. The highest BCUT2D eigenvalue weighted by atomic mass is 35.5. The molecule has 0 aliphatic carbocycles. The molecule has 134 valence electrons. The molecule has 0 saturated carbocycles. The minimum absolute atomic E-state index is 0.0679. The predicted molar refractivity (Wildman–Crippen MR) is 108 cm³/mol. The lowest BCUT2D eigenvalue weighted by molar-refractivity contribution is 1.08. The Labute approximate surface area is 169 Å². The van der Waals surface area contributed by atoms with Crippen molar-refractivity contribution in [2.75, 3.05) is 5.43 Å². The molecule has 1 aromatic heterocycles. The molecular formula is C18H10Cl3N5O. The van der Waals surface area contributed by atoms with Gasteiger partial charge in [0.05, 0.1) is 22.0 Å². The van der Waals surface area contributed by atoms with E-state index in [1.807, 2.05) is 12.1 Å². The molecule has 0 amide bonds. The minimum Gasteiger partial charge on any atom is -0.290 e. The lowest BCUT2D eigenvalue weighted by Gasteiger charge is -2.06. The maximum Gasteiger partial charge on any atom is 0.270 e. The van der Waals surface area contributed by atoms with Crippen LogP contribution in [0.15, 0.2) is 52.4 Å². The molecular weight excluding hydrogens is 409 g/mol. The fourth-order valence-corrected chi connectivity index (χ4v) is 2.93. The second-order valence-corrected chi connectivity index (χ2v) is 6.50. The van der Waals surface area contributed by atoms with Crippen LogP contribution in [0.25, 0.3) is 11.3 Å². The Balaban J connectivity index is 1.94. The number of nitrogens with one attached hydrogen (secondary N) is 2. The molecule has 6 nitrogen and oxygen atoms in total. The van der Waals surface area contributed by atoms with Crippen molar-refractivity contribution in [3.8, 4) is 17.3 Å². The monoisotopic (exact) mass is 417 g/mol. The van der Waals surface area contributed by atoms with Crippen LogP contribution < -0.4 is 11.0 Å². The van der Waals surface area contributed by atoms with E-state index in [4.69, 9.17) is 34.8 Å². The van der Waals surface area contributed by atoms with E-state index in [0.717, 1.165) is 0 Å². The van der Waals surface area contributed by atoms with Crippen LogP contribution in [0.4, 0.5) is 5.95 Å². The third kappa shape index (κ3) is 4.29. The zero-order valence-electron chi connectivity index (χ0n) is 13.5. The van der Waals surface area contributed by atoms with E-state index in [9.17, 15) is 10.1 Å². The second kappa shape index (κ2) is 8.23. The maximum atomic E-state index is 12.2. The number of benzene rings is 2. The summed E-state index contributed by atoms with van der Waals surface area (Å²) in [6, 6.07) is 13.9. The van der Waals surface area contributed by atoms with Crippen molar-refractivity contribution >= 4 is 47.0 Å². The molecule has 1 heterocycles. The standard InChI is InChI=1S/C18H10Cl3N5O/c19-12-6-11(15(21)14(20)7-12)9-23-26-18-24-16(10-4-2-1-3-5-10)13(8-22)17(27)25-18/h1-7,9H,(H2,24,25,26,27). The van der Waals surface area contributed by atoms with Crippen LogP contribution >= 0.6 is 34.8 Å². The van der Waals surface area contributed by atoms with Crippen LogP contribution in [0.2, 0.25) is 15.1 Å². The summed E-state index contributed by atoms with van der Waals surface area (Å²) in [5.41, 5.74) is 3.33. The molecule has 0 aliphatic heterocycles. The van der Waals surface area contributed by atoms with Gasteiger partial charge in [0.15, 0.2) is 0 Å². The largest absolute Gasteiger partial charge is 0.290 e. The van der Waals surface area contributed by atoms with Crippen LogP contribution in [0.5, 0.6) is 0 Å². The number of aromatic nitrogens is 2. The van der Waals surface area contributed by atoms with Gasteiger partial charge in [-0.05, 0) is 12.1 Å². The predicted octanol–water partition coefficient (Wildman–Crippen LogP) is 4.71. The molecule has 0 atom stereocenters. The molecule has 0 bridgehead atoms. The first-order chi connectivity index (χ1) is 13.0. The van der Waals surface area contributed by atoms with Crippen LogP contribution in [-0.2, 0) is 0 Å². The van der Waals surface area contributed by atoms with Gasteiger partial charge >= 0.3 is 0 Å². The van der Waals surface area contributed by atoms with E-state index in [1.165, 1.54) is 12.3 Å². The third-order valence-corrected chi connectivity index (χ3v) is 4.51. The molecule has 9 heteroatoms. The molecule has 3 aromatic rings. The Kier molecular flexibility index (Phi) is 5.77. The van der Waals surface area contributed by atoms with Gasteiger partial charge in [0.25, 0.3) is 5.56 Å². The summed E-state index contributed by atoms with van der Waals surface area (Å²) in [5.74, 6) is 0.0679. The maximum absolute atomic E-state index is 12.2. The van der Waals surface area contributed by atoms with Gasteiger partial charge in [-0.1, -0.05) is 65.1 Å². The van der Waals surface area contributed by atoms with Gasteiger partial charge in [-0.3, -0.25) is 9.78 Å². The second-order valence-electron chi connectivity index (χ2n) is 5.28. The number of halogens is 3. The van der Waals surface area contributed by atoms with Crippen molar-refractivity contribution in [3.05, 3.63) is 79.0 Å². The minimum atomic E-state index is -0.576. The molecule has 0 spiro atoms. The number of H-pyrrole nitrogens is 1. The summed E-state index contributed by atoms with van der Waals surface area (Å²) < 4.78 is 0. The number of nitriles is 1. The molecule has 2 aromatic carbocycles. The quantitative estimate of drug-likeness (QED) is 0.364. The average molecular weight is 419 g/mol. The molecule has 0 saturated heterocycles. The molecule has 0 radical (unpaired) electrons. The molecule has 0 aliphatic rings. The van der Waals surface area contributed by atoms with Gasteiger partial charge in [-0.2, -0.15) is 10.4 Å². The van der Waals surface area contributed by atoms with Crippen LogP contribution in [0.1, 0.15) is 11.1 Å². The Morgan fingerprint density at radius 1 is 1.19 bits per heavy atom. The number of rotatable bonds is 4. The SMILES string of the molecule is N#Cc1c(-c2ccccc2)nc(NN=Cc2cc(Cl)cc(Cl)c2Cl)[nH]c1=O. The van der Waals surface area contributed by atoms with Crippen LogP contribution in [0.3, 0.4) is 0 Å². The topological polar surface area (TPSA) is 93.9 Å². The van der Waals surface area contributed by atoms with Gasteiger partial charge in [0.1, 0.15) is 11.6 Å². The number of aromatic amines is 1.